The number of hydrogen-bond donors (Lipinski definition) is 1. The molecule has 0 aromatic carbocycles. The van der Waals surface area contributed by atoms with Gasteiger partial charge in [-0.2, -0.15) is 0 Å². The molecule has 0 aliphatic carbocycles. The molecule has 1 nitrogen and oxygen atoms in total. The zero-order valence-electron chi connectivity index (χ0n) is 5.41. The average Bonchev–Trinajstić information content (AvgIpc) is 1.55. The molecule has 0 aromatic rings. The first-order valence-corrected chi connectivity index (χ1v) is 3.14. The van der Waals surface area contributed by atoms with Crippen LogP contribution >= 0.6 is 0 Å². The minimum atomic E-state index is 0.896. The van der Waals surface area contributed by atoms with Gasteiger partial charge in [-0.3, -0.25) is 0 Å². The van der Waals surface area contributed by atoms with Crippen molar-refractivity contribution in [3.63, 3.8) is 0 Å². The Morgan fingerprint density at radius 2 is 2.38 bits per heavy atom. The molecule has 0 atom stereocenters. The Morgan fingerprint density at radius 1 is 1.75 bits per heavy atom. The van der Waals surface area contributed by atoms with Crippen LogP contribution in [-0.2, 0) is 0 Å². The van der Waals surface area contributed by atoms with Gasteiger partial charge in [0, 0.05) is 0 Å². The van der Waals surface area contributed by atoms with Crippen molar-refractivity contribution in [1.29, 1.82) is 0 Å². The second kappa shape index (κ2) is 2.31. The van der Waals surface area contributed by atoms with E-state index in [2.05, 4.69) is 18.8 Å². The zero-order valence-corrected chi connectivity index (χ0v) is 5.41. The van der Waals surface area contributed by atoms with Crippen LogP contribution in [0.4, 0.5) is 0 Å². The van der Waals surface area contributed by atoms with E-state index in [0.717, 1.165) is 5.92 Å². The number of allylic oxidation sites excluding steroid dienone is 1. The predicted octanol–water partition coefficient (Wildman–Crippen LogP) is 1.17. The van der Waals surface area contributed by atoms with Crippen LogP contribution in [0.15, 0.2) is 12.2 Å². The molecule has 1 heteroatoms. The van der Waals surface area contributed by atoms with Crippen LogP contribution in [0.25, 0.3) is 0 Å². The van der Waals surface area contributed by atoms with E-state index in [9.17, 15) is 0 Å². The van der Waals surface area contributed by atoms with Crippen molar-refractivity contribution in [3.8, 4) is 0 Å². The third-order valence-corrected chi connectivity index (χ3v) is 1.50. The van der Waals surface area contributed by atoms with E-state index in [0.29, 0.717) is 0 Å². The maximum absolute atomic E-state index is 3.85. The summed E-state index contributed by atoms with van der Waals surface area (Å²) >= 11 is 0. The predicted molar refractivity (Wildman–Crippen MR) is 35.8 cm³/mol. The van der Waals surface area contributed by atoms with E-state index in [-0.39, 0.29) is 0 Å². The normalized spacial score (nSPS) is 20.1. The van der Waals surface area contributed by atoms with Gasteiger partial charge in [-0.05, 0) is 32.4 Å². The van der Waals surface area contributed by atoms with E-state index >= 15 is 0 Å². The van der Waals surface area contributed by atoms with Gasteiger partial charge in [0.15, 0.2) is 0 Å². The van der Waals surface area contributed by atoms with Gasteiger partial charge in [-0.15, -0.1) is 6.58 Å². The third-order valence-electron chi connectivity index (χ3n) is 1.50. The average molecular weight is 111 g/mol. The van der Waals surface area contributed by atoms with Gasteiger partial charge in [-0.25, -0.2) is 0 Å². The SMILES string of the molecule is C=C(C)CC1CNC1. The Morgan fingerprint density at radius 3 is 2.50 bits per heavy atom. The molecule has 1 rings (SSSR count). The Labute approximate surface area is 50.8 Å². The molecule has 1 aliphatic heterocycles. The summed E-state index contributed by atoms with van der Waals surface area (Å²) in [6, 6.07) is 0. The monoisotopic (exact) mass is 111 g/mol. The standard InChI is InChI=1S/C7H13N/c1-6(2)3-7-4-8-5-7/h7-8H,1,3-5H2,2H3. The lowest BCUT2D eigenvalue weighted by Crippen LogP contribution is -2.41. The minimum absolute atomic E-state index is 0.896. The first-order chi connectivity index (χ1) is 3.79. The Kier molecular flexibility index (Phi) is 1.69. The highest BCUT2D eigenvalue weighted by atomic mass is 14.9. The van der Waals surface area contributed by atoms with Crippen molar-refractivity contribution in [3.05, 3.63) is 12.2 Å². The van der Waals surface area contributed by atoms with Gasteiger partial charge < -0.3 is 5.32 Å². The second-order valence-electron chi connectivity index (χ2n) is 2.69. The van der Waals surface area contributed by atoms with Crippen molar-refractivity contribution in [2.75, 3.05) is 13.1 Å². The lowest BCUT2D eigenvalue weighted by molar-refractivity contribution is 0.346. The number of rotatable bonds is 2. The summed E-state index contributed by atoms with van der Waals surface area (Å²) < 4.78 is 0. The van der Waals surface area contributed by atoms with Crippen molar-refractivity contribution in [1.82, 2.24) is 5.32 Å². The molecule has 8 heavy (non-hydrogen) atoms. The van der Waals surface area contributed by atoms with Gasteiger partial charge >= 0.3 is 0 Å². The summed E-state index contributed by atoms with van der Waals surface area (Å²) in [6.07, 6.45) is 1.22. The van der Waals surface area contributed by atoms with Crippen molar-refractivity contribution in [2.24, 2.45) is 5.92 Å². The highest BCUT2D eigenvalue weighted by Crippen LogP contribution is 2.12. The molecule has 1 fully saturated rings. The van der Waals surface area contributed by atoms with Gasteiger partial charge in [0.25, 0.3) is 0 Å². The van der Waals surface area contributed by atoms with Crippen LogP contribution in [-0.4, -0.2) is 13.1 Å². The van der Waals surface area contributed by atoms with Crippen molar-refractivity contribution < 1.29 is 0 Å². The van der Waals surface area contributed by atoms with Crippen molar-refractivity contribution >= 4 is 0 Å². The number of nitrogens with one attached hydrogen (secondary N) is 1. The lowest BCUT2D eigenvalue weighted by atomic mass is 9.96. The lowest BCUT2D eigenvalue weighted by Gasteiger charge is -2.26. The van der Waals surface area contributed by atoms with Gasteiger partial charge in [0.1, 0.15) is 0 Å². The fourth-order valence-electron chi connectivity index (χ4n) is 0.986. The van der Waals surface area contributed by atoms with Crippen LogP contribution in [0.2, 0.25) is 0 Å². The summed E-state index contributed by atoms with van der Waals surface area (Å²) in [5.74, 6) is 0.896. The summed E-state index contributed by atoms with van der Waals surface area (Å²) in [5.41, 5.74) is 1.32. The summed E-state index contributed by atoms with van der Waals surface area (Å²) in [6.45, 7) is 8.35. The fraction of sp³-hybridized carbons (Fsp3) is 0.714. The molecule has 1 aliphatic rings. The van der Waals surface area contributed by atoms with Gasteiger partial charge in [-0.1, -0.05) is 5.57 Å². The van der Waals surface area contributed by atoms with Crippen molar-refractivity contribution in [2.45, 2.75) is 13.3 Å². The second-order valence-corrected chi connectivity index (χ2v) is 2.69. The van der Waals surface area contributed by atoms with Crippen LogP contribution in [0.3, 0.4) is 0 Å². The van der Waals surface area contributed by atoms with Gasteiger partial charge in [0.2, 0.25) is 0 Å². The minimum Gasteiger partial charge on any atom is -0.316 e. The first kappa shape index (κ1) is 5.83. The van der Waals surface area contributed by atoms with E-state index < -0.39 is 0 Å². The Hall–Kier alpha value is -0.300. The van der Waals surface area contributed by atoms with E-state index in [1.807, 2.05) is 0 Å². The maximum Gasteiger partial charge on any atom is -0.000518 e. The summed E-state index contributed by atoms with van der Waals surface area (Å²) in [7, 11) is 0. The van der Waals surface area contributed by atoms with Crippen LogP contribution in [0, 0.1) is 5.92 Å². The zero-order chi connectivity index (χ0) is 5.98. The molecule has 0 spiro atoms. The molecular formula is C7H13N. The Bertz CT molecular complexity index is 92.6. The highest BCUT2D eigenvalue weighted by molar-refractivity contribution is 4.93. The molecule has 1 N–H and O–H groups in total. The van der Waals surface area contributed by atoms with E-state index in [1.165, 1.54) is 25.1 Å². The molecule has 1 saturated heterocycles. The highest BCUT2D eigenvalue weighted by Gasteiger charge is 2.15. The third kappa shape index (κ3) is 1.34. The maximum atomic E-state index is 3.85. The molecule has 0 aromatic heterocycles. The number of hydrogen-bond acceptors (Lipinski definition) is 1. The van der Waals surface area contributed by atoms with E-state index in [1.54, 1.807) is 0 Å². The molecular weight excluding hydrogens is 98.1 g/mol. The van der Waals surface area contributed by atoms with Crippen LogP contribution in [0.1, 0.15) is 13.3 Å². The summed E-state index contributed by atoms with van der Waals surface area (Å²) in [4.78, 5) is 0. The first-order valence-electron chi connectivity index (χ1n) is 3.14. The molecule has 0 radical (unpaired) electrons. The largest absolute Gasteiger partial charge is 0.316 e. The topological polar surface area (TPSA) is 12.0 Å². The van der Waals surface area contributed by atoms with E-state index in [4.69, 9.17) is 0 Å². The quantitative estimate of drug-likeness (QED) is 0.527. The van der Waals surface area contributed by atoms with Crippen LogP contribution in [0.5, 0.6) is 0 Å². The molecule has 0 saturated carbocycles. The molecule has 0 unspecified atom stereocenters. The van der Waals surface area contributed by atoms with Gasteiger partial charge in [0.05, 0.1) is 0 Å². The fourth-order valence-corrected chi connectivity index (χ4v) is 0.986. The molecule has 46 valence electrons. The molecule has 0 amide bonds. The summed E-state index contributed by atoms with van der Waals surface area (Å²) in [5, 5.41) is 3.23. The smallest absolute Gasteiger partial charge is 0.000518 e. The van der Waals surface area contributed by atoms with Crippen LogP contribution < -0.4 is 5.32 Å². The molecule has 1 heterocycles. The Balaban J connectivity index is 2.09. The molecule has 0 bridgehead atoms.